The summed E-state index contributed by atoms with van der Waals surface area (Å²) in [4.78, 5) is 30.9. The van der Waals surface area contributed by atoms with Crippen LogP contribution >= 0.6 is 11.3 Å². The second kappa shape index (κ2) is 12.8. The normalized spacial score (nSPS) is 10.6. The number of anilines is 1. The Labute approximate surface area is 199 Å². The molecule has 6 nitrogen and oxygen atoms in total. The Balaban J connectivity index is 1.73. The minimum atomic E-state index is -0.291. The van der Waals surface area contributed by atoms with E-state index in [-0.39, 0.29) is 18.5 Å². The molecule has 2 aromatic carbocycles. The molecule has 1 N–H and O–H groups in total. The van der Waals surface area contributed by atoms with E-state index in [0.29, 0.717) is 38.3 Å². The van der Waals surface area contributed by atoms with Crippen molar-refractivity contribution in [2.45, 2.75) is 26.4 Å². The molecule has 0 unspecified atom stereocenters. The van der Waals surface area contributed by atoms with E-state index in [1.165, 1.54) is 0 Å². The summed E-state index contributed by atoms with van der Waals surface area (Å²) in [7, 11) is 1.63. The van der Waals surface area contributed by atoms with Gasteiger partial charge < -0.3 is 19.9 Å². The summed E-state index contributed by atoms with van der Waals surface area (Å²) < 4.78 is 5.16. The van der Waals surface area contributed by atoms with E-state index in [1.807, 2.05) is 83.9 Å². The maximum atomic E-state index is 13.4. The van der Waals surface area contributed by atoms with Gasteiger partial charge in [-0.2, -0.15) is 0 Å². The largest absolute Gasteiger partial charge is 0.385 e. The van der Waals surface area contributed by atoms with Gasteiger partial charge in [-0.25, -0.2) is 4.79 Å². The van der Waals surface area contributed by atoms with Crippen molar-refractivity contribution in [2.75, 3.05) is 32.1 Å². The molecule has 0 bridgehead atoms. The quantitative estimate of drug-likeness (QED) is 0.398. The van der Waals surface area contributed by atoms with Crippen LogP contribution in [0, 0.1) is 6.92 Å². The van der Waals surface area contributed by atoms with Crippen molar-refractivity contribution in [1.29, 1.82) is 0 Å². The van der Waals surface area contributed by atoms with E-state index in [9.17, 15) is 9.59 Å². The van der Waals surface area contributed by atoms with Crippen molar-refractivity contribution in [3.05, 3.63) is 88.1 Å². The smallest absolute Gasteiger partial charge is 0.322 e. The number of hydrogen-bond donors (Lipinski definition) is 1. The molecule has 33 heavy (non-hydrogen) atoms. The molecule has 3 rings (SSSR count). The molecule has 0 aliphatic carbocycles. The molecule has 0 saturated carbocycles. The summed E-state index contributed by atoms with van der Waals surface area (Å²) in [6.45, 7) is 3.92. The molecular formula is C26H31N3O3S. The Morgan fingerprint density at radius 3 is 2.48 bits per heavy atom. The van der Waals surface area contributed by atoms with E-state index < -0.39 is 0 Å². The summed E-state index contributed by atoms with van der Waals surface area (Å²) in [6.07, 6.45) is 0.647. The van der Waals surface area contributed by atoms with Crippen LogP contribution in [0.1, 0.15) is 22.4 Å². The van der Waals surface area contributed by atoms with Gasteiger partial charge in [0, 0.05) is 37.4 Å². The highest BCUT2D eigenvalue weighted by molar-refractivity contribution is 7.09. The zero-order valence-electron chi connectivity index (χ0n) is 19.2. The lowest BCUT2D eigenvalue weighted by Gasteiger charge is -2.28. The number of aryl methyl sites for hydroxylation is 1. The first-order chi connectivity index (χ1) is 16.0. The Bertz CT molecular complexity index is 1010. The molecule has 0 radical (unpaired) electrons. The lowest BCUT2D eigenvalue weighted by atomic mass is 10.2. The van der Waals surface area contributed by atoms with Crippen LogP contribution in [0.2, 0.25) is 0 Å². The molecule has 3 amide bonds. The van der Waals surface area contributed by atoms with Crippen LogP contribution in [-0.2, 0) is 22.6 Å². The molecule has 7 heteroatoms. The van der Waals surface area contributed by atoms with Gasteiger partial charge in [0.15, 0.2) is 0 Å². The second-order valence-corrected chi connectivity index (χ2v) is 8.91. The summed E-state index contributed by atoms with van der Waals surface area (Å²) in [5, 5.41) is 4.93. The van der Waals surface area contributed by atoms with Crippen LogP contribution in [0.3, 0.4) is 0 Å². The van der Waals surface area contributed by atoms with Crippen LogP contribution in [0.25, 0.3) is 0 Å². The maximum Gasteiger partial charge on any atom is 0.322 e. The van der Waals surface area contributed by atoms with Crippen LogP contribution in [0.5, 0.6) is 0 Å². The fourth-order valence-corrected chi connectivity index (χ4v) is 4.19. The van der Waals surface area contributed by atoms with Gasteiger partial charge in [-0.1, -0.05) is 48.5 Å². The summed E-state index contributed by atoms with van der Waals surface area (Å²) in [6, 6.07) is 21.3. The Morgan fingerprint density at radius 1 is 0.970 bits per heavy atom. The van der Waals surface area contributed by atoms with Crippen molar-refractivity contribution in [3.63, 3.8) is 0 Å². The van der Waals surface area contributed by atoms with Crippen molar-refractivity contribution in [3.8, 4) is 0 Å². The van der Waals surface area contributed by atoms with Gasteiger partial charge in [-0.05, 0) is 48.1 Å². The SMILES string of the molecule is COCCCN(CC(=O)N(Cc1ccccc1)Cc1cccs1)C(=O)Nc1cccc(C)c1. The number of urea groups is 1. The van der Waals surface area contributed by atoms with Gasteiger partial charge in [0.25, 0.3) is 0 Å². The third-order valence-corrected chi connectivity index (χ3v) is 6.02. The zero-order valence-corrected chi connectivity index (χ0v) is 20.0. The fourth-order valence-electron chi connectivity index (χ4n) is 3.47. The average Bonchev–Trinajstić information content (AvgIpc) is 3.32. The molecule has 0 aliphatic heterocycles. The van der Waals surface area contributed by atoms with Gasteiger partial charge in [-0.3, -0.25) is 4.79 Å². The maximum absolute atomic E-state index is 13.4. The Hall–Kier alpha value is -3.16. The molecule has 0 atom stereocenters. The van der Waals surface area contributed by atoms with Crippen LogP contribution < -0.4 is 5.32 Å². The minimum Gasteiger partial charge on any atom is -0.385 e. The molecule has 1 aromatic heterocycles. The number of carbonyl (C=O) groups is 2. The number of hydrogen-bond acceptors (Lipinski definition) is 4. The van der Waals surface area contributed by atoms with E-state index >= 15 is 0 Å². The number of rotatable bonds is 11. The van der Waals surface area contributed by atoms with Crippen molar-refractivity contribution < 1.29 is 14.3 Å². The summed E-state index contributed by atoms with van der Waals surface area (Å²) >= 11 is 1.62. The molecule has 174 valence electrons. The number of amides is 3. The standard InChI is InChI=1S/C26H31N3O3S/c1-21-9-6-12-23(17-21)27-26(31)28(14-8-15-32-2)20-25(30)29(19-24-13-7-16-33-24)18-22-10-4-3-5-11-22/h3-7,9-13,16-17H,8,14-15,18-20H2,1-2H3,(H,27,31). The van der Waals surface area contributed by atoms with E-state index in [4.69, 9.17) is 4.74 Å². The molecular weight excluding hydrogens is 434 g/mol. The minimum absolute atomic E-state index is 0.000424. The van der Waals surface area contributed by atoms with Gasteiger partial charge in [0.05, 0.1) is 6.54 Å². The van der Waals surface area contributed by atoms with E-state index in [0.717, 1.165) is 16.0 Å². The van der Waals surface area contributed by atoms with Crippen molar-refractivity contribution in [2.24, 2.45) is 0 Å². The number of nitrogens with one attached hydrogen (secondary N) is 1. The van der Waals surface area contributed by atoms with Gasteiger partial charge in [0.2, 0.25) is 5.91 Å². The number of ether oxygens (including phenoxy) is 1. The third kappa shape index (κ3) is 8.04. The highest BCUT2D eigenvalue weighted by Gasteiger charge is 2.22. The van der Waals surface area contributed by atoms with E-state index in [2.05, 4.69) is 5.32 Å². The van der Waals surface area contributed by atoms with Gasteiger partial charge in [0.1, 0.15) is 6.54 Å². The number of nitrogens with zero attached hydrogens (tertiary/aromatic N) is 2. The Morgan fingerprint density at radius 2 is 1.79 bits per heavy atom. The average molecular weight is 466 g/mol. The van der Waals surface area contributed by atoms with Crippen LogP contribution in [-0.4, -0.2) is 48.5 Å². The highest BCUT2D eigenvalue weighted by atomic mass is 32.1. The number of methoxy groups -OCH3 is 1. The Kier molecular flexibility index (Phi) is 9.47. The predicted octanol–water partition coefficient (Wildman–Crippen LogP) is 5.16. The van der Waals surface area contributed by atoms with Gasteiger partial charge in [-0.15, -0.1) is 11.3 Å². The lowest BCUT2D eigenvalue weighted by molar-refractivity contribution is -0.133. The molecule has 1 heterocycles. The second-order valence-electron chi connectivity index (χ2n) is 7.88. The van der Waals surface area contributed by atoms with Crippen molar-refractivity contribution in [1.82, 2.24) is 9.80 Å². The highest BCUT2D eigenvalue weighted by Crippen LogP contribution is 2.16. The topological polar surface area (TPSA) is 61.9 Å². The van der Waals surface area contributed by atoms with Crippen molar-refractivity contribution >= 4 is 29.0 Å². The predicted molar refractivity (Wildman–Crippen MR) is 133 cm³/mol. The molecule has 0 spiro atoms. The summed E-state index contributed by atoms with van der Waals surface area (Å²) in [5.41, 5.74) is 2.82. The first-order valence-electron chi connectivity index (χ1n) is 11.0. The van der Waals surface area contributed by atoms with Crippen LogP contribution in [0.15, 0.2) is 72.1 Å². The summed E-state index contributed by atoms with van der Waals surface area (Å²) in [5.74, 6) is -0.0935. The van der Waals surface area contributed by atoms with E-state index in [1.54, 1.807) is 23.3 Å². The molecule has 0 aliphatic rings. The van der Waals surface area contributed by atoms with Gasteiger partial charge >= 0.3 is 6.03 Å². The monoisotopic (exact) mass is 465 g/mol. The first kappa shape index (κ1) is 24.5. The van der Waals surface area contributed by atoms with Crippen LogP contribution in [0.4, 0.5) is 10.5 Å². The zero-order chi connectivity index (χ0) is 23.5. The number of benzene rings is 2. The number of thiophene rings is 1. The molecule has 0 saturated heterocycles. The fraction of sp³-hybridized carbons (Fsp3) is 0.308. The number of carbonyl (C=O) groups excluding carboxylic acids is 2. The molecule has 0 fully saturated rings. The first-order valence-corrected chi connectivity index (χ1v) is 11.9. The third-order valence-electron chi connectivity index (χ3n) is 5.15. The molecule has 3 aromatic rings. The lowest BCUT2D eigenvalue weighted by Crippen LogP contribution is -2.44.